The Hall–Kier alpha value is -1.93. The molecule has 0 saturated carbocycles. The van der Waals surface area contributed by atoms with E-state index in [4.69, 9.17) is 11.6 Å². The van der Waals surface area contributed by atoms with Crippen LogP contribution in [0.15, 0.2) is 48.5 Å². The molecule has 2 aromatic carbocycles. The summed E-state index contributed by atoms with van der Waals surface area (Å²) in [4.78, 5) is 22.1. The van der Waals surface area contributed by atoms with Gasteiger partial charge >= 0.3 is 0 Å². The summed E-state index contributed by atoms with van der Waals surface area (Å²) in [7, 11) is 0. The first-order valence-electron chi connectivity index (χ1n) is 7.81. The van der Waals surface area contributed by atoms with Gasteiger partial charge in [-0.3, -0.25) is 9.59 Å². The third kappa shape index (κ3) is 6.79. The van der Waals surface area contributed by atoms with Crippen molar-refractivity contribution >= 4 is 23.2 Å². The van der Waals surface area contributed by atoms with Crippen LogP contribution >= 0.6 is 11.6 Å². The Morgan fingerprint density at radius 1 is 1.04 bits per heavy atom. The summed E-state index contributed by atoms with van der Waals surface area (Å²) in [6, 6.07) is 15.6. The number of hydrogen-bond acceptors (Lipinski definition) is 2. The molecule has 0 unspecified atom stereocenters. The van der Waals surface area contributed by atoms with E-state index in [-0.39, 0.29) is 0 Å². The maximum Gasteiger partial charge on any atom is 0.228 e. The summed E-state index contributed by atoms with van der Waals surface area (Å²) in [5.74, 6) is -0.953. The number of benzene rings is 2. The van der Waals surface area contributed by atoms with Gasteiger partial charge in [0.15, 0.2) is 5.78 Å². The molecule has 0 aliphatic carbocycles. The van der Waals surface area contributed by atoms with E-state index in [1.807, 2.05) is 0 Å². The lowest BCUT2D eigenvalue weighted by atomic mass is 10.0. The van der Waals surface area contributed by atoms with E-state index in [2.05, 4.69) is 37.3 Å². The molecule has 0 aliphatic rings. The van der Waals surface area contributed by atoms with Crippen LogP contribution in [0.5, 0.6) is 0 Å². The molecule has 0 aromatic heterocycles. The standard InChI is InChI=1S/C10H9ClO2.C10H14/c1-6-3-4-8(11)5-9(6)10(13)7(2)12;1-2-3-7-10-8-5-4-6-9-10/h3-5H,1-2H3;4-6,8-9H,2-3,7H2,1H3. The molecule has 0 fully saturated rings. The van der Waals surface area contributed by atoms with Crippen molar-refractivity contribution < 1.29 is 9.59 Å². The number of hydrogen-bond donors (Lipinski definition) is 0. The Balaban J connectivity index is 0.000000238. The average Bonchev–Trinajstić information content (AvgIpc) is 2.56. The van der Waals surface area contributed by atoms with Gasteiger partial charge in [0.2, 0.25) is 5.78 Å². The lowest BCUT2D eigenvalue weighted by molar-refractivity contribution is -0.113. The van der Waals surface area contributed by atoms with Crippen molar-refractivity contribution in [2.45, 2.75) is 40.0 Å². The van der Waals surface area contributed by atoms with Crippen molar-refractivity contribution in [2.24, 2.45) is 0 Å². The number of carbonyl (C=O) groups excluding carboxylic acids is 2. The van der Waals surface area contributed by atoms with Crippen LogP contribution in [0.25, 0.3) is 0 Å². The van der Waals surface area contributed by atoms with Crippen LogP contribution in [-0.4, -0.2) is 11.6 Å². The molecule has 0 heterocycles. The minimum Gasteiger partial charge on any atom is -0.291 e. The van der Waals surface area contributed by atoms with E-state index >= 15 is 0 Å². The predicted molar refractivity (Wildman–Crippen MR) is 96.3 cm³/mol. The number of carbonyl (C=O) groups is 2. The minimum atomic E-state index is -0.486. The Morgan fingerprint density at radius 3 is 2.26 bits per heavy atom. The number of unbranched alkanes of at least 4 members (excludes halogenated alkanes) is 1. The highest BCUT2D eigenvalue weighted by atomic mass is 35.5. The van der Waals surface area contributed by atoms with Crippen molar-refractivity contribution in [1.82, 2.24) is 0 Å². The summed E-state index contributed by atoms with van der Waals surface area (Å²) in [6.45, 7) is 5.25. The second-order valence-corrected chi connectivity index (χ2v) is 5.87. The van der Waals surface area contributed by atoms with Gasteiger partial charge in [-0.25, -0.2) is 0 Å². The second-order valence-electron chi connectivity index (χ2n) is 5.43. The first kappa shape index (κ1) is 19.1. The van der Waals surface area contributed by atoms with E-state index < -0.39 is 11.6 Å². The van der Waals surface area contributed by atoms with Gasteiger partial charge in [0.05, 0.1) is 0 Å². The molecule has 2 aromatic rings. The number of halogens is 1. The van der Waals surface area contributed by atoms with E-state index in [0.29, 0.717) is 10.6 Å². The topological polar surface area (TPSA) is 34.1 Å². The van der Waals surface area contributed by atoms with E-state index in [1.165, 1.54) is 37.8 Å². The molecule has 0 N–H and O–H groups in total. The quantitative estimate of drug-likeness (QED) is 0.539. The highest BCUT2D eigenvalue weighted by Crippen LogP contribution is 2.16. The Labute approximate surface area is 143 Å². The normalized spacial score (nSPS) is 9.74. The van der Waals surface area contributed by atoms with Gasteiger partial charge in [-0.2, -0.15) is 0 Å². The van der Waals surface area contributed by atoms with Crippen LogP contribution in [0.3, 0.4) is 0 Å². The van der Waals surface area contributed by atoms with Crippen LogP contribution in [0, 0.1) is 6.92 Å². The summed E-state index contributed by atoms with van der Waals surface area (Å²) < 4.78 is 0. The summed E-state index contributed by atoms with van der Waals surface area (Å²) in [6.07, 6.45) is 3.83. The van der Waals surface area contributed by atoms with Crippen LogP contribution in [0.2, 0.25) is 5.02 Å². The summed E-state index contributed by atoms with van der Waals surface area (Å²) in [5.41, 5.74) is 2.62. The molecule has 0 radical (unpaired) electrons. The molecular weight excluding hydrogens is 308 g/mol. The molecular formula is C20H23ClO2. The molecule has 0 saturated heterocycles. The number of rotatable bonds is 5. The average molecular weight is 331 g/mol. The van der Waals surface area contributed by atoms with Crippen molar-refractivity contribution in [3.05, 3.63) is 70.2 Å². The molecule has 122 valence electrons. The zero-order valence-electron chi connectivity index (χ0n) is 13.9. The highest BCUT2D eigenvalue weighted by molar-refractivity contribution is 6.43. The molecule has 0 spiro atoms. The van der Waals surface area contributed by atoms with Crippen molar-refractivity contribution in [3.63, 3.8) is 0 Å². The van der Waals surface area contributed by atoms with Gasteiger partial charge in [-0.05, 0) is 43.0 Å². The zero-order chi connectivity index (χ0) is 17.2. The van der Waals surface area contributed by atoms with Crippen LogP contribution in [0.4, 0.5) is 0 Å². The fraction of sp³-hybridized carbons (Fsp3) is 0.300. The van der Waals surface area contributed by atoms with Crippen LogP contribution in [-0.2, 0) is 11.2 Å². The van der Waals surface area contributed by atoms with Crippen molar-refractivity contribution in [2.75, 3.05) is 0 Å². The van der Waals surface area contributed by atoms with Crippen molar-refractivity contribution in [1.29, 1.82) is 0 Å². The number of ketones is 2. The smallest absolute Gasteiger partial charge is 0.228 e. The van der Waals surface area contributed by atoms with E-state index in [0.717, 1.165) is 5.56 Å². The molecule has 0 amide bonds. The Bertz CT molecular complexity index is 648. The molecule has 0 aliphatic heterocycles. The SMILES string of the molecule is CC(=O)C(=O)c1cc(Cl)ccc1C.CCCCc1ccccc1. The lowest BCUT2D eigenvalue weighted by Crippen LogP contribution is -2.11. The molecule has 2 rings (SSSR count). The number of aryl methyl sites for hydroxylation is 2. The first-order valence-corrected chi connectivity index (χ1v) is 8.18. The second kappa shape index (κ2) is 9.96. The maximum absolute atomic E-state index is 11.3. The van der Waals surface area contributed by atoms with Gasteiger partial charge in [-0.1, -0.05) is 61.3 Å². The summed E-state index contributed by atoms with van der Waals surface area (Å²) >= 11 is 5.70. The lowest BCUT2D eigenvalue weighted by Gasteiger charge is -2.01. The first-order chi connectivity index (χ1) is 11.0. The van der Waals surface area contributed by atoms with Gasteiger partial charge in [-0.15, -0.1) is 0 Å². The highest BCUT2D eigenvalue weighted by Gasteiger charge is 2.13. The molecule has 0 atom stereocenters. The third-order valence-corrected chi connectivity index (χ3v) is 3.66. The molecule has 2 nitrogen and oxygen atoms in total. The van der Waals surface area contributed by atoms with Crippen molar-refractivity contribution in [3.8, 4) is 0 Å². The Morgan fingerprint density at radius 2 is 1.70 bits per heavy atom. The third-order valence-electron chi connectivity index (χ3n) is 3.43. The minimum absolute atomic E-state index is 0.389. The molecule has 0 bridgehead atoms. The monoisotopic (exact) mass is 330 g/mol. The van der Waals surface area contributed by atoms with Crippen LogP contribution in [0.1, 0.15) is 48.2 Å². The molecule has 3 heteroatoms. The maximum atomic E-state index is 11.3. The largest absolute Gasteiger partial charge is 0.291 e. The fourth-order valence-electron chi connectivity index (χ4n) is 2.05. The zero-order valence-corrected chi connectivity index (χ0v) is 14.7. The Kier molecular flexibility index (Phi) is 8.28. The molecule has 23 heavy (non-hydrogen) atoms. The van der Waals surface area contributed by atoms with Gasteiger partial charge < -0.3 is 0 Å². The van der Waals surface area contributed by atoms with Crippen LogP contribution < -0.4 is 0 Å². The predicted octanol–water partition coefficient (Wildman–Crippen LogP) is 5.45. The van der Waals surface area contributed by atoms with E-state index in [9.17, 15) is 9.59 Å². The van der Waals surface area contributed by atoms with Gasteiger partial charge in [0.1, 0.15) is 0 Å². The van der Waals surface area contributed by atoms with Gasteiger partial charge in [0.25, 0.3) is 0 Å². The van der Waals surface area contributed by atoms with E-state index in [1.54, 1.807) is 19.1 Å². The summed E-state index contributed by atoms with van der Waals surface area (Å²) in [5, 5.41) is 0.468. The van der Waals surface area contributed by atoms with Gasteiger partial charge in [0, 0.05) is 17.5 Å². The number of Topliss-reactive ketones (excluding diaryl/α,β-unsaturated/α-hetero) is 2. The fourth-order valence-corrected chi connectivity index (χ4v) is 2.23.